The molecular formula is C24H28Cl2O4. The Labute approximate surface area is 187 Å². The maximum Gasteiger partial charge on any atom is 0.344 e. The van der Waals surface area contributed by atoms with Crippen LogP contribution in [0.4, 0.5) is 0 Å². The van der Waals surface area contributed by atoms with Crippen molar-refractivity contribution in [3.63, 3.8) is 0 Å². The highest BCUT2D eigenvalue weighted by Crippen LogP contribution is 2.44. The molecule has 0 amide bonds. The fourth-order valence-electron chi connectivity index (χ4n) is 3.40. The van der Waals surface area contributed by atoms with E-state index in [1.165, 1.54) is 12.1 Å². The van der Waals surface area contributed by atoms with Crippen LogP contribution in [-0.4, -0.2) is 26.3 Å². The molecule has 30 heavy (non-hydrogen) atoms. The van der Waals surface area contributed by atoms with E-state index in [1.807, 2.05) is 0 Å². The number of carbonyl (C=O) groups is 2. The largest absolute Gasteiger partial charge is 0.479 e. The monoisotopic (exact) mass is 450 g/mol. The van der Waals surface area contributed by atoms with Gasteiger partial charge in [0.1, 0.15) is 0 Å². The number of Topliss-reactive ketones (excluding diaryl/α,β-unsaturated/α-hetero) is 1. The second-order valence-corrected chi connectivity index (χ2v) is 9.84. The van der Waals surface area contributed by atoms with Crippen molar-refractivity contribution >= 4 is 35.0 Å². The number of aliphatic hydroxyl groups is 1. The summed E-state index contributed by atoms with van der Waals surface area (Å²) in [6.45, 7) is 8.30. The Bertz CT molecular complexity index is 886. The van der Waals surface area contributed by atoms with Gasteiger partial charge in [0.2, 0.25) is 15.7 Å². The lowest BCUT2D eigenvalue weighted by molar-refractivity contribution is -0.160. The van der Waals surface area contributed by atoms with Crippen LogP contribution >= 0.6 is 23.2 Å². The minimum atomic E-state index is -2.82. The normalized spacial score (nSPS) is 14.0. The second-order valence-electron chi connectivity index (χ2n) is 8.51. The summed E-state index contributed by atoms with van der Waals surface area (Å²) in [4.78, 5) is 25.1. The van der Waals surface area contributed by atoms with Gasteiger partial charge in [0.05, 0.1) is 0 Å². The van der Waals surface area contributed by atoms with Gasteiger partial charge in [0.15, 0.2) is 0 Å². The second kappa shape index (κ2) is 9.51. The first-order valence-electron chi connectivity index (χ1n) is 9.96. The van der Waals surface area contributed by atoms with Crippen molar-refractivity contribution in [2.24, 2.45) is 11.8 Å². The van der Waals surface area contributed by atoms with Gasteiger partial charge in [0, 0.05) is 5.56 Å². The molecule has 0 aliphatic rings. The molecule has 0 radical (unpaired) electrons. The summed E-state index contributed by atoms with van der Waals surface area (Å²) in [6.07, 6.45) is 1.63. The highest BCUT2D eigenvalue weighted by molar-refractivity contribution is 6.61. The van der Waals surface area contributed by atoms with E-state index in [0.29, 0.717) is 11.8 Å². The van der Waals surface area contributed by atoms with Gasteiger partial charge >= 0.3 is 5.97 Å². The highest BCUT2D eigenvalue weighted by Gasteiger charge is 2.60. The molecule has 0 aliphatic heterocycles. The summed E-state index contributed by atoms with van der Waals surface area (Å²) in [5.74, 6) is -1.72. The Morgan fingerprint density at radius 2 is 1.23 bits per heavy atom. The van der Waals surface area contributed by atoms with Crippen molar-refractivity contribution in [2.45, 2.75) is 50.5 Å². The number of rotatable bonds is 9. The first kappa shape index (κ1) is 24.4. The Kier molecular flexibility index (Phi) is 7.73. The average Bonchev–Trinajstić information content (AvgIpc) is 2.66. The van der Waals surface area contributed by atoms with E-state index in [4.69, 9.17) is 23.2 Å². The standard InChI is InChI=1S/C24H28Cl2O4/c1-15(2)13-17-5-9-19(10-6-17)21(27)24(25,26)23(30,22(28)29)20-11-7-18(8-12-20)14-16(3)4/h5-12,15-16,30H,13-14H2,1-4H3,(H,28,29). The van der Waals surface area contributed by atoms with E-state index in [2.05, 4.69) is 27.7 Å². The summed E-state index contributed by atoms with van der Waals surface area (Å²) in [6, 6.07) is 13.0. The molecule has 0 bridgehead atoms. The molecule has 2 aromatic rings. The summed E-state index contributed by atoms with van der Waals surface area (Å²) >= 11 is 12.6. The van der Waals surface area contributed by atoms with E-state index in [1.54, 1.807) is 36.4 Å². The van der Waals surface area contributed by atoms with Crippen LogP contribution < -0.4 is 0 Å². The van der Waals surface area contributed by atoms with Crippen molar-refractivity contribution < 1.29 is 19.8 Å². The molecule has 2 aromatic carbocycles. The number of carboxylic acid groups (broad SMARTS) is 1. The predicted molar refractivity (Wildman–Crippen MR) is 120 cm³/mol. The maximum absolute atomic E-state index is 13.0. The maximum atomic E-state index is 13.0. The smallest absolute Gasteiger partial charge is 0.344 e. The van der Waals surface area contributed by atoms with Crippen molar-refractivity contribution in [1.82, 2.24) is 0 Å². The van der Waals surface area contributed by atoms with Gasteiger partial charge in [-0.25, -0.2) is 4.79 Å². The number of carbonyl (C=O) groups excluding carboxylic acids is 1. The number of halogens is 2. The molecule has 0 heterocycles. The topological polar surface area (TPSA) is 74.6 Å². The molecular weight excluding hydrogens is 423 g/mol. The van der Waals surface area contributed by atoms with Crippen molar-refractivity contribution in [1.29, 1.82) is 0 Å². The quantitative estimate of drug-likeness (QED) is 0.395. The molecule has 2 N–H and O–H groups in total. The van der Waals surface area contributed by atoms with E-state index < -0.39 is 21.7 Å². The molecule has 6 heteroatoms. The lowest BCUT2D eigenvalue weighted by Crippen LogP contribution is -2.54. The predicted octanol–water partition coefficient (Wildman–Crippen LogP) is 5.41. The Hall–Kier alpha value is -1.88. The van der Waals surface area contributed by atoms with Gasteiger partial charge in [-0.15, -0.1) is 0 Å². The average molecular weight is 451 g/mol. The summed E-state index contributed by atoms with van der Waals surface area (Å²) in [7, 11) is 0. The molecule has 0 saturated heterocycles. The first-order chi connectivity index (χ1) is 13.9. The van der Waals surface area contributed by atoms with Crippen LogP contribution in [0.1, 0.15) is 54.7 Å². The molecule has 2 rings (SSSR count). The van der Waals surface area contributed by atoms with Crippen LogP contribution in [0.3, 0.4) is 0 Å². The third kappa shape index (κ3) is 5.05. The first-order valence-corrected chi connectivity index (χ1v) is 10.7. The van der Waals surface area contributed by atoms with Crippen molar-refractivity contribution in [2.75, 3.05) is 0 Å². The number of carboxylic acids is 1. The SMILES string of the molecule is CC(C)Cc1ccc(C(=O)C(Cl)(Cl)C(O)(C(=O)O)c2ccc(CC(C)C)cc2)cc1. The number of ketones is 1. The minimum Gasteiger partial charge on any atom is -0.479 e. The number of hydrogen-bond donors (Lipinski definition) is 2. The zero-order valence-electron chi connectivity index (χ0n) is 17.7. The van der Waals surface area contributed by atoms with Crippen molar-refractivity contribution in [3.05, 3.63) is 70.8 Å². The number of benzene rings is 2. The van der Waals surface area contributed by atoms with Crippen LogP contribution in [-0.2, 0) is 23.2 Å². The van der Waals surface area contributed by atoms with Gasteiger partial charge in [0.25, 0.3) is 0 Å². The van der Waals surface area contributed by atoms with Crippen molar-refractivity contribution in [3.8, 4) is 0 Å². The molecule has 0 saturated carbocycles. The highest BCUT2D eigenvalue weighted by atomic mass is 35.5. The molecule has 162 valence electrons. The van der Waals surface area contributed by atoms with Gasteiger partial charge in [-0.1, -0.05) is 99.4 Å². The van der Waals surface area contributed by atoms with E-state index in [0.717, 1.165) is 24.0 Å². The Morgan fingerprint density at radius 3 is 1.60 bits per heavy atom. The number of hydrogen-bond acceptors (Lipinski definition) is 3. The fourth-order valence-corrected chi connectivity index (χ4v) is 4.00. The Balaban J connectivity index is 2.41. The molecule has 4 nitrogen and oxygen atoms in total. The molecule has 1 unspecified atom stereocenters. The molecule has 0 aliphatic carbocycles. The van der Waals surface area contributed by atoms with E-state index >= 15 is 0 Å². The molecule has 0 aromatic heterocycles. The number of aliphatic carboxylic acids is 1. The van der Waals surface area contributed by atoms with E-state index in [9.17, 15) is 19.8 Å². The lowest BCUT2D eigenvalue weighted by Gasteiger charge is -2.34. The van der Waals surface area contributed by atoms with Crippen LogP contribution in [0.15, 0.2) is 48.5 Å². The van der Waals surface area contributed by atoms with Gasteiger partial charge in [-0.2, -0.15) is 0 Å². The molecule has 0 fully saturated rings. The van der Waals surface area contributed by atoms with Gasteiger partial charge in [-0.3, -0.25) is 4.79 Å². The van der Waals surface area contributed by atoms with Gasteiger partial charge in [-0.05, 0) is 41.4 Å². The summed E-state index contributed by atoms with van der Waals surface area (Å²) < 4.78 is -2.63. The molecule has 1 atom stereocenters. The zero-order chi connectivity index (χ0) is 22.7. The minimum absolute atomic E-state index is 0.0581. The summed E-state index contributed by atoms with van der Waals surface area (Å²) in [5.41, 5.74) is -0.741. The number of alkyl halides is 2. The fraction of sp³-hybridized carbons (Fsp3) is 0.417. The third-order valence-electron chi connectivity index (χ3n) is 4.92. The van der Waals surface area contributed by atoms with Crippen LogP contribution in [0.2, 0.25) is 0 Å². The van der Waals surface area contributed by atoms with E-state index in [-0.39, 0.29) is 11.1 Å². The molecule has 0 spiro atoms. The van der Waals surface area contributed by atoms with Crippen LogP contribution in [0.25, 0.3) is 0 Å². The van der Waals surface area contributed by atoms with Gasteiger partial charge < -0.3 is 10.2 Å². The third-order valence-corrected chi connectivity index (χ3v) is 5.82. The summed E-state index contributed by atoms with van der Waals surface area (Å²) in [5, 5.41) is 20.9. The van der Waals surface area contributed by atoms with Crippen LogP contribution in [0, 0.1) is 11.8 Å². The Morgan fingerprint density at radius 1 is 0.833 bits per heavy atom. The van der Waals surface area contributed by atoms with Crippen LogP contribution in [0.5, 0.6) is 0 Å². The zero-order valence-corrected chi connectivity index (χ0v) is 19.2. The lowest BCUT2D eigenvalue weighted by atomic mass is 9.85.